The van der Waals surface area contributed by atoms with Gasteiger partial charge in [-0.1, -0.05) is 41.9 Å². The van der Waals surface area contributed by atoms with E-state index in [-0.39, 0.29) is 30.4 Å². The molecule has 0 aliphatic heterocycles. The fourth-order valence-electron chi connectivity index (χ4n) is 1.73. The molecule has 1 amide bonds. The SMILES string of the molecule is CC(Cc1ccc(Br)cc1)C(=O)NC(C)C(C)CO. The zero-order valence-corrected chi connectivity index (χ0v) is 13.3. The number of hydrogen-bond acceptors (Lipinski definition) is 2. The van der Waals surface area contributed by atoms with Gasteiger partial charge in [-0.15, -0.1) is 0 Å². The van der Waals surface area contributed by atoms with E-state index >= 15 is 0 Å². The largest absolute Gasteiger partial charge is 0.396 e. The molecule has 4 heteroatoms. The minimum absolute atomic E-state index is 0.00938. The Morgan fingerprint density at radius 2 is 1.84 bits per heavy atom. The van der Waals surface area contributed by atoms with Crippen LogP contribution in [0.4, 0.5) is 0 Å². The number of nitrogens with one attached hydrogen (secondary N) is 1. The Labute approximate surface area is 123 Å². The van der Waals surface area contributed by atoms with E-state index in [2.05, 4.69) is 21.2 Å². The summed E-state index contributed by atoms with van der Waals surface area (Å²) in [7, 11) is 0. The van der Waals surface area contributed by atoms with E-state index in [1.807, 2.05) is 45.0 Å². The average molecular weight is 328 g/mol. The van der Waals surface area contributed by atoms with Crippen LogP contribution < -0.4 is 5.32 Å². The highest BCUT2D eigenvalue weighted by molar-refractivity contribution is 9.10. The summed E-state index contributed by atoms with van der Waals surface area (Å²) in [6, 6.07) is 8.00. The van der Waals surface area contributed by atoms with Crippen molar-refractivity contribution in [2.45, 2.75) is 33.2 Å². The highest BCUT2D eigenvalue weighted by Crippen LogP contribution is 2.14. The molecule has 106 valence electrons. The van der Waals surface area contributed by atoms with Crippen LogP contribution >= 0.6 is 15.9 Å². The van der Waals surface area contributed by atoms with Gasteiger partial charge < -0.3 is 10.4 Å². The summed E-state index contributed by atoms with van der Waals surface area (Å²) in [5.41, 5.74) is 1.15. The van der Waals surface area contributed by atoms with Crippen molar-refractivity contribution in [3.8, 4) is 0 Å². The monoisotopic (exact) mass is 327 g/mol. The highest BCUT2D eigenvalue weighted by Gasteiger charge is 2.18. The van der Waals surface area contributed by atoms with Crippen molar-refractivity contribution in [2.75, 3.05) is 6.61 Å². The Balaban J connectivity index is 2.51. The standard InChI is InChI=1S/C15H22BrNO2/c1-10(8-13-4-6-14(16)7-5-13)15(19)17-12(3)11(2)9-18/h4-7,10-12,18H,8-9H2,1-3H3,(H,17,19). The van der Waals surface area contributed by atoms with Gasteiger partial charge in [-0.05, 0) is 37.0 Å². The Morgan fingerprint density at radius 3 is 2.37 bits per heavy atom. The van der Waals surface area contributed by atoms with Crippen LogP contribution in [0.1, 0.15) is 26.3 Å². The van der Waals surface area contributed by atoms with E-state index in [1.165, 1.54) is 0 Å². The molecule has 3 atom stereocenters. The average Bonchev–Trinajstić information content (AvgIpc) is 2.40. The number of benzene rings is 1. The predicted octanol–water partition coefficient (Wildman–Crippen LogP) is 2.76. The van der Waals surface area contributed by atoms with Gasteiger partial charge in [0.1, 0.15) is 0 Å². The Morgan fingerprint density at radius 1 is 1.26 bits per heavy atom. The van der Waals surface area contributed by atoms with Crippen molar-refractivity contribution >= 4 is 21.8 Å². The molecule has 0 aromatic heterocycles. The maximum atomic E-state index is 12.0. The van der Waals surface area contributed by atoms with Crippen LogP contribution in [-0.4, -0.2) is 23.7 Å². The van der Waals surface area contributed by atoms with Gasteiger partial charge in [0.25, 0.3) is 0 Å². The van der Waals surface area contributed by atoms with Crippen molar-refractivity contribution in [3.05, 3.63) is 34.3 Å². The van der Waals surface area contributed by atoms with Crippen LogP contribution in [0.3, 0.4) is 0 Å². The van der Waals surface area contributed by atoms with E-state index in [0.29, 0.717) is 0 Å². The van der Waals surface area contributed by atoms with Crippen molar-refractivity contribution in [2.24, 2.45) is 11.8 Å². The first-order chi connectivity index (χ1) is 8.93. The summed E-state index contributed by atoms with van der Waals surface area (Å²) >= 11 is 3.39. The first kappa shape index (κ1) is 16.2. The lowest BCUT2D eigenvalue weighted by atomic mass is 9.98. The van der Waals surface area contributed by atoms with E-state index in [0.717, 1.165) is 16.5 Å². The Bertz CT molecular complexity index is 405. The first-order valence-electron chi connectivity index (χ1n) is 6.59. The molecule has 0 bridgehead atoms. The molecule has 0 radical (unpaired) electrons. The summed E-state index contributed by atoms with van der Waals surface area (Å²) in [6.07, 6.45) is 0.722. The number of halogens is 1. The quantitative estimate of drug-likeness (QED) is 0.844. The molecular weight excluding hydrogens is 306 g/mol. The number of carbonyl (C=O) groups is 1. The minimum atomic E-state index is -0.0745. The lowest BCUT2D eigenvalue weighted by Gasteiger charge is -2.21. The second-order valence-corrected chi connectivity index (χ2v) is 6.10. The predicted molar refractivity (Wildman–Crippen MR) is 80.9 cm³/mol. The van der Waals surface area contributed by atoms with Crippen LogP contribution in [0.25, 0.3) is 0 Å². The van der Waals surface area contributed by atoms with E-state index < -0.39 is 0 Å². The van der Waals surface area contributed by atoms with E-state index in [9.17, 15) is 4.79 Å². The van der Waals surface area contributed by atoms with Crippen molar-refractivity contribution in [3.63, 3.8) is 0 Å². The zero-order chi connectivity index (χ0) is 14.4. The number of amides is 1. The van der Waals surface area contributed by atoms with Crippen LogP contribution in [0.5, 0.6) is 0 Å². The van der Waals surface area contributed by atoms with E-state index in [1.54, 1.807) is 0 Å². The normalized spacial score (nSPS) is 15.6. The van der Waals surface area contributed by atoms with Crippen LogP contribution in [0.15, 0.2) is 28.7 Å². The third-order valence-electron chi connectivity index (χ3n) is 3.41. The van der Waals surface area contributed by atoms with E-state index in [4.69, 9.17) is 5.11 Å². The zero-order valence-electron chi connectivity index (χ0n) is 11.7. The molecule has 3 nitrogen and oxygen atoms in total. The summed E-state index contributed by atoms with van der Waals surface area (Å²) in [4.78, 5) is 12.0. The minimum Gasteiger partial charge on any atom is -0.396 e. The Hall–Kier alpha value is -0.870. The third kappa shape index (κ3) is 5.33. The fraction of sp³-hybridized carbons (Fsp3) is 0.533. The van der Waals surface area contributed by atoms with Gasteiger partial charge in [-0.25, -0.2) is 0 Å². The highest BCUT2D eigenvalue weighted by atomic mass is 79.9. The molecule has 0 heterocycles. The number of aliphatic hydroxyl groups excluding tert-OH is 1. The second-order valence-electron chi connectivity index (χ2n) is 5.19. The molecule has 0 aliphatic carbocycles. The van der Waals surface area contributed by atoms with Gasteiger partial charge in [0, 0.05) is 23.0 Å². The number of aliphatic hydroxyl groups is 1. The molecule has 0 aliphatic rings. The first-order valence-corrected chi connectivity index (χ1v) is 7.39. The van der Waals surface area contributed by atoms with Gasteiger partial charge in [0.15, 0.2) is 0 Å². The second kappa shape index (κ2) is 7.65. The van der Waals surface area contributed by atoms with Crippen LogP contribution in [0.2, 0.25) is 0 Å². The molecule has 0 saturated carbocycles. The Kier molecular flexibility index (Phi) is 6.52. The maximum Gasteiger partial charge on any atom is 0.223 e. The van der Waals surface area contributed by atoms with Gasteiger partial charge in [-0.2, -0.15) is 0 Å². The lowest BCUT2D eigenvalue weighted by molar-refractivity contribution is -0.125. The van der Waals surface area contributed by atoms with Gasteiger partial charge >= 0.3 is 0 Å². The third-order valence-corrected chi connectivity index (χ3v) is 3.94. The van der Waals surface area contributed by atoms with Crippen LogP contribution in [0, 0.1) is 11.8 Å². The summed E-state index contributed by atoms with van der Waals surface area (Å²) in [5, 5.41) is 12.0. The number of rotatable bonds is 6. The molecule has 19 heavy (non-hydrogen) atoms. The van der Waals surface area contributed by atoms with Gasteiger partial charge in [0.2, 0.25) is 5.91 Å². The summed E-state index contributed by atoms with van der Waals surface area (Å²) < 4.78 is 1.04. The smallest absolute Gasteiger partial charge is 0.223 e. The van der Waals surface area contributed by atoms with Crippen molar-refractivity contribution in [1.82, 2.24) is 5.32 Å². The fourth-order valence-corrected chi connectivity index (χ4v) is 2.00. The molecule has 3 unspecified atom stereocenters. The van der Waals surface area contributed by atoms with Crippen LogP contribution in [-0.2, 0) is 11.2 Å². The van der Waals surface area contributed by atoms with Crippen molar-refractivity contribution in [1.29, 1.82) is 0 Å². The molecule has 1 aromatic carbocycles. The molecule has 0 fully saturated rings. The number of hydrogen-bond donors (Lipinski definition) is 2. The molecule has 0 saturated heterocycles. The lowest BCUT2D eigenvalue weighted by Crippen LogP contribution is -2.41. The molecular formula is C15H22BrNO2. The van der Waals surface area contributed by atoms with Crippen molar-refractivity contribution < 1.29 is 9.90 Å². The molecule has 0 spiro atoms. The summed E-state index contributed by atoms with van der Waals surface area (Å²) in [5.74, 6) is 0.0362. The molecule has 1 rings (SSSR count). The number of carbonyl (C=O) groups excluding carboxylic acids is 1. The van der Waals surface area contributed by atoms with Gasteiger partial charge in [-0.3, -0.25) is 4.79 Å². The maximum absolute atomic E-state index is 12.0. The molecule has 1 aromatic rings. The topological polar surface area (TPSA) is 49.3 Å². The summed E-state index contributed by atoms with van der Waals surface area (Å²) in [6.45, 7) is 5.85. The molecule has 2 N–H and O–H groups in total. The van der Waals surface area contributed by atoms with Gasteiger partial charge in [0.05, 0.1) is 0 Å².